The molecule has 0 saturated heterocycles. The van der Waals surface area contributed by atoms with Crippen molar-refractivity contribution in [3.05, 3.63) is 77.9 Å². The van der Waals surface area contributed by atoms with Gasteiger partial charge >= 0.3 is 0 Å². The third-order valence-electron chi connectivity index (χ3n) is 4.34. The van der Waals surface area contributed by atoms with Crippen molar-refractivity contribution in [3.8, 4) is 0 Å². The van der Waals surface area contributed by atoms with Gasteiger partial charge in [0.15, 0.2) is 4.34 Å². The van der Waals surface area contributed by atoms with E-state index < -0.39 is 10.0 Å². The summed E-state index contributed by atoms with van der Waals surface area (Å²) in [5.41, 5.74) is 2.80. The molecule has 1 N–H and O–H groups in total. The van der Waals surface area contributed by atoms with Gasteiger partial charge in [-0.25, -0.2) is 8.42 Å². The van der Waals surface area contributed by atoms with Crippen molar-refractivity contribution in [1.82, 2.24) is 10.2 Å². The van der Waals surface area contributed by atoms with Crippen LogP contribution in [0.2, 0.25) is 0 Å². The van der Waals surface area contributed by atoms with Crippen molar-refractivity contribution in [2.24, 2.45) is 0 Å². The van der Waals surface area contributed by atoms with Crippen LogP contribution in [0, 0.1) is 6.92 Å². The lowest BCUT2D eigenvalue weighted by atomic mass is 10.1. The van der Waals surface area contributed by atoms with Gasteiger partial charge in [0.1, 0.15) is 0 Å². The summed E-state index contributed by atoms with van der Waals surface area (Å²) in [5.74, 6) is 0.372. The minimum atomic E-state index is -3.51. The van der Waals surface area contributed by atoms with Crippen LogP contribution < -0.4 is 9.62 Å². The van der Waals surface area contributed by atoms with Crippen LogP contribution in [0.4, 0.5) is 10.8 Å². The summed E-state index contributed by atoms with van der Waals surface area (Å²) in [7, 11) is -3.51. The number of rotatable bonds is 9. The third kappa shape index (κ3) is 6.16. The standard InChI is InChI=1S/C21H22N4O3S3/c1-4-13-29-21-24-23-20(30-21)22-19(26)16-9-11-18(12-10-16)25(31(3,27)28)14-17-8-6-5-7-15(17)2/h4-12H,1,13-14H2,2-3H3,(H,22,23,26). The molecule has 0 spiro atoms. The average Bonchev–Trinajstić information content (AvgIpc) is 3.18. The fourth-order valence-electron chi connectivity index (χ4n) is 2.74. The molecule has 0 atom stereocenters. The van der Waals surface area contributed by atoms with Gasteiger partial charge in [-0.15, -0.1) is 16.8 Å². The van der Waals surface area contributed by atoms with E-state index in [0.29, 0.717) is 22.1 Å². The highest BCUT2D eigenvalue weighted by Gasteiger charge is 2.19. The second-order valence-corrected chi connectivity index (χ2v) is 10.8. The molecule has 0 aliphatic heterocycles. The van der Waals surface area contributed by atoms with Crippen molar-refractivity contribution in [3.63, 3.8) is 0 Å². The van der Waals surface area contributed by atoms with Gasteiger partial charge in [-0.1, -0.05) is 53.4 Å². The highest BCUT2D eigenvalue weighted by atomic mass is 32.2. The molecule has 3 aromatic rings. The number of hydrogen-bond donors (Lipinski definition) is 1. The predicted octanol–water partition coefficient (Wildman–Crippen LogP) is 4.34. The van der Waals surface area contributed by atoms with E-state index in [-0.39, 0.29) is 12.5 Å². The molecule has 3 rings (SSSR count). The van der Waals surface area contributed by atoms with Crippen LogP contribution in [0.1, 0.15) is 21.5 Å². The van der Waals surface area contributed by atoms with Crippen LogP contribution in [-0.2, 0) is 16.6 Å². The summed E-state index contributed by atoms with van der Waals surface area (Å²) in [6.45, 7) is 5.82. The average molecular weight is 475 g/mol. The number of carbonyl (C=O) groups is 1. The van der Waals surface area contributed by atoms with E-state index in [2.05, 4.69) is 22.1 Å². The zero-order valence-electron chi connectivity index (χ0n) is 17.1. The lowest BCUT2D eigenvalue weighted by molar-refractivity contribution is 0.102. The van der Waals surface area contributed by atoms with E-state index in [1.807, 2.05) is 31.2 Å². The lowest BCUT2D eigenvalue weighted by Gasteiger charge is -2.23. The molecular formula is C21H22N4O3S3. The number of amides is 1. The van der Waals surface area contributed by atoms with E-state index in [9.17, 15) is 13.2 Å². The number of hydrogen-bond acceptors (Lipinski definition) is 7. The number of anilines is 2. The monoisotopic (exact) mass is 474 g/mol. The minimum Gasteiger partial charge on any atom is -0.296 e. The molecule has 0 radical (unpaired) electrons. The largest absolute Gasteiger partial charge is 0.296 e. The Morgan fingerprint density at radius 2 is 1.90 bits per heavy atom. The van der Waals surface area contributed by atoms with Gasteiger partial charge in [0.25, 0.3) is 5.91 Å². The molecule has 0 bridgehead atoms. The quantitative estimate of drug-likeness (QED) is 0.282. The minimum absolute atomic E-state index is 0.215. The van der Waals surface area contributed by atoms with Crippen LogP contribution in [0.3, 0.4) is 0 Å². The Morgan fingerprint density at radius 3 is 2.55 bits per heavy atom. The third-order valence-corrected chi connectivity index (χ3v) is 7.45. The van der Waals surface area contributed by atoms with Crippen LogP contribution >= 0.6 is 23.1 Å². The van der Waals surface area contributed by atoms with Crippen molar-refractivity contribution in [2.75, 3.05) is 21.6 Å². The van der Waals surface area contributed by atoms with Crippen molar-refractivity contribution in [2.45, 2.75) is 17.8 Å². The topological polar surface area (TPSA) is 92.3 Å². The van der Waals surface area contributed by atoms with Crippen LogP contribution in [0.25, 0.3) is 0 Å². The second kappa shape index (κ2) is 10.1. The van der Waals surface area contributed by atoms with E-state index >= 15 is 0 Å². The van der Waals surface area contributed by atoms with E-state index in [4.69, 9.17) is 0 Å². The second-order valence-electron chi connectivity index (χ2n) is 6.67. The molecule has 162 valence electrons. The molecule has 1 amide bonds. The summed E-state index contributed by atoms with van der Waals surface area (Å²) in [4.78, 5) is 12.5. The van der Waals surface area contributed by atoms with Gasteiger partial charge < -0.3 is 0 Å². The number of aromatic nitrogens is 2. The molecule has 1 aromatic heterocycles. The van der Waals surface area contributed by atoms with Gasteiger partial charge in [0.2, 0.25) is 15.2 Å². The first kappa shape index (κ1) is 23.0. The molecule has 0 unspecified atom stereocenters. The molecule has 2 aromatic carbocycles. The number of nitrogens with one attached hydrogen (secondary N) is 1. The van der Waals surface area contributed by atoms with E-state index in [1.165, 1.54) is 33.7 Å². The number of benzene rings is 2. The molecule has 0 aliphatic carbocycles. The molecule has 31 heavy (non-hydrogen) atoms. The number of carbonyl (C=O) groups excluding carboxylic acids is 1. The van der Waals surface area contributed by atoms with Crippen molar-refractivity contribution < 1.29 is 13.2 Å². The van der Waals surface area contributed by atoms with Crippen molar-refractivity contribution in [1.29, 1.82) is 0 Å². The van der Waals surface area contributed by atoms with E-state index in [0.717, 1.165) is 15.5 Å². The zero-order chi connectivity index (χ0) is 22.4. The summed E-state index contributed by atoms with van der Waals surface area (Å²) < 4.78 is 26.9. The molecule has 10 heteroatoms. The van der Waals surface area contributed by atoms with Crippen molar-refractivity contribution >= 4 is 49.8 Å². The summed E-state index contributed by atoms with van der Waals surface area (Å²) >= 11 is 2.77. The molecular weight excluding hydrogens is 452 g/mol. The molecule has 0 fully saturated rings. The molecule has 0 saturated carbocycles. The Morgan fingerprint density at radius 1 is 1.19 bits per heavy atom. The first-order valence-corrected chi connectivity index (χ1v) is 12.9. The fraction of sp³-hybridized carbons (Fsp3) is 0.190. The van der Waals surface area contributed by atoms with E-state index in [1.54, 1.807) is 30.3 Å². The van der Waals surface area contributed by atoms with Gasteiger partial charge in [-0.05, 0) is 42.3 Å². The lowest BCUT2D eigenvalue weighted by Crippen LogP contribution is -2.29. The maximum Gasteiger partial charge on any atom is 0.257 e. The number of thioether (sulfide) groups is 1. The van der Waals surface area contributed by atoms with Crippen LogP contribution in [-0.4, -0.2) is 36.5 Å². The Bertz CT molecular complexity index is 1170. The summed E-state index contributed by atoms with van der Waals surface area (Å²) in [5, 5.41) is 11.1. The number of aryl methyl sites for hydroxylation is 1. The summed E-state index contributed by atoms with van der Waals surface area (Å²) in [6.07, 6.45) is 2.94. The highest BCUT2D eigenvalue weighted by Crippen LogP contribution is 2.26. The van der Waals surface area contributed by atoms with Gasteiger partial charge in [-0.3, -0.25) is 14.4 Å². The van der Waals surface area contributed by atoms with Crippen LogP contribution in [0.5, 0.6) is 0 Å². The Labute approximate surface area is 190 Å². The highest BCUT2D eigenvalue weighted by molar-refractivity contribution is 8.01. The van der Waals surface area contributed by atoms with Gasteiger partial charge in [-0.2, -0.15) is 0 Å². The maximum atomic E-state index is 12.5. The Hall–Kier alpha value is -2.69. The van der Waals surface area contributed by atoms with Gasteiger partial charge in [0, 0.05) is 11.3 Å². The molecule has 7 nitrogen and oxygen atoms in total. The smallest absolute Gasteiger partial charge is 0.257 e. The first-order chi connectivity index (χ1) is 14.8. The normalized spacial score (nSPS) is 11.2. The first-order valence-electron chi connectivity index (χ1n) is 9.29. The van der Waals surface area contributed by atoms with Crippen LogP contribution in [0.15, 0.2) is 65.5 Å². The zero-order valence-corrected chi connectivity index (χ0v) is 19.6. The maximum absolute atomic E-state index is 12.5. The summed E-state index contributed by atoms with van der Waals surface area (Å²) in [6, 6.07) is 14.1. The predicted molar refractivity (Wildman–Crippen MR) is 127 cm³/mol. The fourth-order valence-corrected chi connectivity index (χ4v) is 5.13. The Balaban J connectivity index is 1.75. The SMILES string of the molecule is C=CCSc1nnc(NC(=O)c2ccc(N(Cc3ccccc3C)S(C)(=O)=O)cc2)s1. The van der Waals surface area contributed by atoms with Gasteiger partial charge in [0.05, 0.1) is 18.5 Å². The number of sulfonamides is 1. The number of nitrogens with zero attached hydrogens (tertiary/aromatic N) is 3. The molecule has 1 heterocycles. The molecule has 0 aliphatic rings. The Kier molecular flexibility index (Phi) is 7.47.